The second-order valence-corrected chi connectivity index (χ2v) is 14.5. The molecule has 2 atom stereocenters. The Morgan fingerprint density at radius 3 is 1.83 bits per heavy atom. The van der Waals surface area contributed by atoms with E-state index in [0.29, 0.717) is 6.42 Å². The lowest BCUT2D eigenvalue weighted by molar-refractivity contribution is 0.335. The molecular weight excluding hydrogens is 532 g/mol. The number of hydrogen-bond acceptors (Lipinski definition) is 6. The minimum atomic E-state index is -5.15. The fourth-order valence-corrected chi connectivity index (χ4v) is 8.05. The van der Waals surface area contributed by atoms with Crippen LogP contribution in [0.5, 0.6) is 11.5 Å². The van der Waals surface area contributed by atoms with Gasteiger partial charge in [0.05, 0.1) is 11.4 Å². The summed E-state index contributed by atoms with van der Waals surface area (Å²) in [5.74, 6) is -0.818. The van der Waals surface area contributed by atoms with Crippen LogP contribution in [0.2, 0.25) is 0 Å². The Morgan fingerprint density at radius 1 is 0.833 bits per heavy atom. The molecule has 14 heteroatoms. The Morgan fingerprint density at radius 2 is 1.33 bits per heavy atom. The average molecular weight is 566 g/mol. The first-order valence-corrected chi connectivity index (χ1v) is 16.3. The largest absolute Gasteiger partial charge is 0.508 e. The zero-order chi connectivity index (χ0) is 27.3. The fraction of sp³-hybridized carbons (Fsp3) is 0.455. The summed E-state index contributed by atoms with van der Waals surface area (Å²) in [6, 6.07) is 11.5. The molecule has 2 unspecified atom stereocenters. The predicted octanol–water partition coefficient (Wildman–Crippen LogP) is 3.99. The molecule has 0 saturated heterocycles. The Bertz CT molecular complexity index is 1200. The molecule has 2 rings (SSSR count). The lowest BCUT2D eigenvalue weighted by Crippen LogP contribution is -2.19. The van der Waals surface area contributed by atoms with Crippen molar-refractivity contribution in [3.63, 3.8) is 0 Å². The Kier molecular flexibility index (Phi) is 10.2. The van der Waals surface area contributed by atoms with Crippen LogP contribution in [0.3, 0.4) is 0 Å². The molecule has 0 aliphatic heterocycles. The third-order valence-electron chi connectivity index (χ3n) is 6.05. The van der Waals surface area contributed by atoms with Gasteiger partial charge < -0.3 is 29.8 Å². The van der Waals surface area contributed by atoms with Gasteiger partial charge in [-0.25, -0.2) is 8.42 Å². The smallest absolute Gasteiger partial charge is 0.340 e. The molecule has 0 aliphatic rings. The Labute approximate surface area is 210 Å². The molecule has 0 radical (unpaired) electrons. The van der Waals surface area contributed by atoms with Crippen LogP contribution >= 0.6 is 15.2 Å². The Hall–Kier alpha value is -1.91. The summed E-state index contributed by atoms with van der Waals surface area (Å²) in [7, 11) is -14.4. The fourth-order valence-electron chi connectivity index (χ4n) is 4.30. The van der Waals surface area contributed by atoms with E-state index in [1.54, 1.807) is 18.2 Å². The van der Waals surface area contributed by atoms with E-state index in [4.69, 9.17) is 0 Å². The third-order valence-corrected chi connectivity index (χ3v) is 11.3. The van der Waals surface area contributed by atoms with Crippen LogP contribution in [-0.2, 0) is 19.2 Å². The molecule has 0 bridgehead atoms. The van der Waals surface area contributed by atoms with E-state index in [9.17, 15) is 47.3 Å². The summed E-state index contributed by atoms with van der Waals surface area (Å²) >= 11 is 0. The summed E-state index contributed by atoms with van der Waals surface area (Å²) in [6.07, 6.45) is 0.352. The van der Waals surface area contributed by atoms with Crippen molar-refractivity contribution in [2.45, 2.75) is 56.8 Å². The molecule has 0 amide bonds. The van der Waals surface area contributed by atoms with E-state index >= 15 is 0 Å². The quantitative estimate of drug-likeness (QED) is 0.137. The summed E-state index contributed by atoms with van der Waals surface area (Å²) in [6.45, 7) is 4.01. The summed E-state index contributed by atoms with van der Waals surface area (Å²) in [5.41, 5.74) is 1.70. The highest BCUT2D eigenvalue weighted by atomic mass is 32.2. The van der Waals surface area contributed by atoms with Gasteiger partial charge in [-0.15, -0.1) is 0 Å². The van der Waals surface area contributed by atoms with Crippen LogP contribution in [0.4, 0.5) is 5.69 Å². The van der Waals surface area contributed by atoms with Gasteiger partial charge in [-0.1, -0.05) is 32.0 Å². The number of anilines is 1. The second kappa shape index (κ2) is 12.1. The van der Waals surface area contributed by atoms with E-state index in [-0.39, 0.29) is 29.0 Å². The van der Waals surface area contributed by atoms with Crippen molar-refractivity contribution in [1.82, 2.24) is 0 Å². The predicted molar refractivity (Wildman–Crippen MR) is 137 cm³/mol. The maximum Gasteiger partial charge on any atom is 0.340 e. The van der Waals surface area contributed by atoms with Gasteiger partial charge in [0.25, 0.3) is 0 Å². The van der Waals surface area contributed by atoms with Crippen molar-refractivity contribution in [3.8, 4) is 11.5 Å². The van der Waals surface area contributed by atoms with Crippen LogP contribution in [0.25, 0.3) is 0 Å². The summed E-state index contributed by atoms with van der Waals surface area (Å²) in [5, 5.41) is 17.6. The van der Waals surface area contributed by atoms with Crippen LogP contribution in [0, 0.1) is 0 Å². The lowest BCUT2D eigenvalue weighted by atomic mass is 9.78. The molecule has 0 aromatic heterocycles. The van der Waals surface area contributed by atoms with Gasteiger partial charge in [0.2, 0.25) is 10.0 Å². The molecule has 0 saturated carbocycles. The van der Waals surface area contributed by atoms with Crippen LogP contribution in [-0.4, -0.2) is 49.4 Å². The topological polar surface area (TPSA) is 202 Å². The zero-order valence-electron chi connectivity index (χ0n) is 19.9. The van der Waals surface area contributed by atoms with Crippen molar-refractivity contribution < 1.29 is 47.3 Å². The van der Waals surface area contributed by atoms with Gasteiger partial charge in [0, 0.05) is 0 Å². The average Bonchev–Trinajstić information content (AvgIpc) is 2.75. The molecule has 11 nitrogen and oxygen atoms in total. The highest BCUT2D eigenvalue weighted by Gasteiger charge is 2.42. The molecule has 0 fully saturated rings. The maximum absolute atomic E-state index is 12.6. The SMILES string of the molecule is CCC(c1ccc(O)cc1)C(CC)c1ccc(O)c(NS(=O)(=O)CCCC(P(=O)(O)O)P(=O)(O)O)c1. The third kappa shape index (κ3) is 8.31. The van der Waals surface area contributed by atoms with E-state index in [2.05, 4.69) is 4.72 Å². The molecular formula is C22H33NO10P2S. The van der Waals surface area contributed by atoms with Gasteiger partial charge in [0.1, 0.15) is 11.5 Å². The van der Waals surface area contributed by atoms with Crippen molar-refractivity contribution >= 4 is 30.9 Å². The number of nitrogens with one attached hydrogen (secondary N) is 1. The molecule has 7 N–H and O–H groups in total. The van der Waals surface area contributed by atoms with Gasteiger partial charge in [-0.05, 0) is 72.9 Å². The van der Waals surface area contributed by atoms with Gasteiger partial charge >= 0.3 is 15.2 Å². The molecule has 2 aromatic carbocycles. The molecule has 0 aliphatic carbocycles. The number of hydrogen-bond donors (Lipinski definition) is 7. The number of phenolic OH excluding ortho intramolecular Hbond substituents is 2. The molecule has 36 heavy (non-hydrogen) atoms. The van der Waals surface area contributed by atoms with Crippen molar-refractivity contribution in [2.75, 3.05) is 10.5 Å². The number of rotatable bonds is 13. The normalized spacial score (nSPS) is 14.5. The first-order valence-electron chi connectivity index (χ1n) is 11.3. The number of sulfonamides is 1. The van der Waals surface area contributed by atoms with Crippen LogP contribution in [0.1, 0.15) is 62.5 Å². The van der Waals surface area contributed by atoms with E-state index in [1.807, 2.05) is 26.0 Å². The van der Waals surface area contributed by atoms with Crippen LogP contribution in [0.15, 0.2) is 42.5 Å². The highest BCUT2D eigenvalue weighted by molar-refractivity contribution is 7.92. The summed E-state index contributed by atoms with van der Waals surface area (Å²) in [4.78, 5) is 36.8. The van der Waals surface area contributed by atoms with Gasteiger partial charge in [-0.2, -0.15) is 0 Å². The lowest BCUT2D eigenvalue weighted by Gasteiger charge is -2.27. The first-order chi connectivity index (χ1) is 16.6. The molecule has 2 aromatic rings. The zero-order valence-corrected chi connectivity index (χ0v) is 22.5. The minimum Gasteiger partial charge on any atom is -0.508 e. The highest BCUT2D eigenvalue weighted by Crippen LogP contribution is 2.61. The maximum atomic E-state index is 12.6. The summed E-state index contributed by atoms with van der Waals surface area (Å²) < 4.78 is 50.2. The molecule has 0 spiro atoms. The molecule has 202 valence electrons. The van der Waals surface area contributed by atoms with Crippen molar-refractivity contribution in [1.29, 1.82) is 0 Å². The number of phenols is 2. The molecule has 0 heterocycles. The van der Waals surface area contributed by atoms with Gasteiger partial charge in [0.15, 0.2) is 5.40 Å². The van der Waals surface area contributed by atoms with Gasteiger partial charge in [-0.3, -0.25) is 13.9 Å². The monoisotopic (exact) mass is 565 g/mol. The minimum absolute atomic E-state index is 0.0318. The number of benzene rings is 2. The van der Waals surface area contributed by atoms with Crippen molar-refractivity contribution in [2.24, 2.45) is 0 Å². The Balaban J connectivity index is 2.22. The van der Waals surface area contributed by atoms with E-state index in [1.165, 1.54) is 12.1 Å². The first kappa shape index (κ1) is 30.3. The second-order valence-electron chi connectivity index (χ2n) is 8.62. The van der Waals surface area contributed by atoms with E-state index in [0.717, 1.165) is 17.5 Å². The number of aromatic hydroxyl groups is 2. The van der Waals surface area contributed by atoms with E-state index < -0.39 is 49.2 Å². The van der Waals surface area contributed by atoms with Crippen LogP contribution < -0.4 is 4.72 Å². The standard InChI is InChI=1S/C22H33NO10P2S/c1-3-18(15-7-10-17(24)11-8-15)19(4-2)16-9-12-21(25)20(14-16)23-36(32,33)13-5-6-22(34(26,27)28)35(29,30)31/h7-12,14,18-19,22-25H,3-6,13H2,1-2H3,(H2,26,27,28)(H2,29,30,31). The van der Waals surface area contributed by atoms with Crippen molar-refractivity contribution in [3.05, 3.63) is 53.6 Å².